The molecule has 0 bridgehead atoms. The van der Waals surface area contributed by atoms with Crippen LogP contribution in [0.1, 0.15) is 30.5 Å². The zero-order valence-corrected chi connectivity index (χ0v) is 15.4. The van der Waals surface area contributed by atoms with E-state index in [1.165, 1.54) is 12.8 Å². The first-order chi connectivity index (χ1) is 12.7. The van der Waals surface area contributed by atoms with Crippen LogP contribution in [0, 0.1) is 5.92 Å². The Bertz CT molecular complexity index is 711. The first-order valence-corrected chi connectivity index (χ1v) is 9.87. The molecule has 0 aromatic carbocycles. The molecular formula is C19H28N4O3. The molecule has 26 heavy (non-hydrogen) atoms. The summed E-state index contributed by atoms with van der Waals surface area (Å²) in [6.45, 7) is 6.21. The summed E-state index contributed by atoms with van der Waals surface area (Å²) in [5.41, 5.74) is 2.31. The molecule has 1 amide bonds. The van der Waals surface area contributed by atoms with E-state index in [9.17, 15) is 9.59 Å². The first-order valence-electron chi connectivity index (χ1n) is 9.87. The van der Waals surface area contributed by atoms with Crippen LogP contribution in [-0.4, -0.2) is 71.4 Å². The third-order valence-corrected chi connectivity index (χ3v) is 5.74. The van der Waals surface area contributed by atoms with Gasteiger partial charge in [0.1, 0.15) is 0 Å². The highest BCUT2D eigenvalue weighted by atomic mass is 16.5. The van der Waals surface area contributed by atoms with Gasteiger partial charge in [0.25, 0.3) is 5.56 Å². The van der Waals surface area contributed by atoms with Gasteiger partial charge in [0.15, 0.2) is 0 Å². The molecule has 2 saturated heterocycles. The van der Waals surface area contributed by atoms with Crippen molar-refractivity contribution in [2.24, 2.45) is 5.92 Å². The van der Waals surface area contributed by atoms with Gasteiger partial charge in [-0.25, -0.2) is 4.68 Å². The quantitative estimate of drug-likeness (QED) is 0.756. The number of carbonyl (C=O) groups is 1. The molecule has 0 N–H and O–H groups in total. The van der Waals surface area contributed by atoms with Gasteiger partial charge in [0.05, 0.1) is 31.9 Å². The summed E-state index contributed by atoms with van der Waals surface area (Å²) in [5.74, 6) is 0.675. The number of hydrogen-bond acceptors (Lipinski definition) is 5. The zero-order valence-electron chi connectivity index (χ0n) is 15.4. The largest absolute Gasteiger partial charge is 0.379 e. The van der Waals surface area contributed by atoms with Crippen molar-refractivity contribution in [3.63, 3.8) is 0 Å². The molecule has 2 fully saturated rings. The normalized spacial score (nSPS) is 22.0. The molecule has 2 aliphatic heterocycles. The molecule has 7 nitrogen and oxygen atoms in total. The van der Waals surface area contributed by atoms with Gasteiger partial charge in [-0.3, -0.25) is 9.59 Å². The van der Waals surface area contributed by atoms with E-state index in [-0.39, 0.29) is 11.5 Å². The molecular weight excluding hydrogens is 332 g/mol. The van der Waals surface area contributed by atoms with Gasteiger partial charge in [-0.2, -0.15) is 5.10 Å². The van der Waals surface area contributed by atoms with Crippen molar-refractivity contribution in [3.8, 4) is 0 Å². The van der Waals surface area contributed by atoms with Crippen molar-refractivity contribution in [3.05, 3.63) is 27.7 Å². The Morgan fingerprint density at radius 2 is 1.92 bits per heavy atom. The van der Waals surface area contributed by atoms with Crippen LogP contribution in [-0.2, 0) is 28.9 Å². The molecule has 3 aliphatic rings. The minimum atomic E-state index is 0.0410. The molecule has 0 spiro atoms. The van der Waals surface area contributed by atoms with Crippen LogP contribution in [0.5, 0.6) is 0 Å². The minimum Gasteiger partial charge on any atom is -0.379 e. The standard InChI is InChI=1S/C19H28N4O3/c24-18-5-9-26-10-8-22(18)7-6-21-12-15(13-21)14-23-19(25)11-16-3-1-2-4-17(16)20-23/h11,15H,1-10,12-14H2. The summed E-state index contributed by atoms with van der Waals surface area (Å²) in [6.07, 6.45) is 4.84. The maximum Gasteiger partial charge on any atom is 0.267 e. The summed E-state index contributed by atoms with van der Waals surface area (Å²) in [6, 6.07) is 1.80. The lowest BCUT2D eigenvalue weighted by Crippen LogP contribution is -2.52. The van der Waals surface area contributed by atoms with Gasteiger partial charge in [0, 0.05) is 44.7 Å². The van der Waals surface area contributed by atoms with E-state index in [0.717, 1.165) is 50.3 Å². The summed E-state index contributed by atoms with van der Waals surface area (Å²) in [5, 5.41) is 4.62. The molecule has 4 rings (SSSR count). The highest BCUT2D eigenvalue weighted by molar-refractivity contribution is 5.76. The molecule has 7 heteroatoms. The number of aryl methyl sites for hydroxylation is 2. The lowest BCUT2D eigenvalue weighted by molar-refractivity contribution is -0.130. The third kappa shape index (κ3) is 3.99. The number of rotatable bonds is 5. The van der Waals surface area contributed by atoms with E-state index < -0.39 is 0 Å². The Labute approximate surface area is 153 Å². The van der Waals surface area contributed by atoms with Crippen molar-refractivity contribution in [2.75, 3.05) is 45.9 Å². The van der Waals surface area contributed by atoms with Crippen LogP contribution in [0.2, 0.25) is 0 Å². The number of nitrogens with zero attached hydrogens (tertiary/aromatic N) is 4. The number of carbonyl (C=O) groups excluding carboxylic acids is 1. The molecule has 0 saturated carbocycles. The average Bonchev–Trinajstić information content (AvgIpc) is 2.81. The van der Waals surface area contributed by atoms with Crippen LogP contribution in [0.3, 0.4) is 0 Å². The number of amides is 1. The van der Waals surface area contributed by atoms with Gasteiger partial charge in [-0.05, 0) is 31.2 Å². The minimum absolute atomic E-state index is 0.0410. The van der Waals surface area contributed by atoms with E-state index in [1.807, 2.05) is 4.90 Å². The van der Waals surface area contributed by atoms with E-state index in [0.29, 0.717) is 38.6 Å². The Balaban J connectivity index is 1.25. The fourth-order valence-electron chi connectivity index (χ4n) is 4.17. The van der Waals surface area contributed by atoms with Crippen LogP contribution >= 0.6 is 0 Å². The molecule has 1 aromatic heterocycles. The SMILES string of the molecule is O=C1CCOCCN1CCN1CC(Cn2nc3c(cc2=O)CCCC3)C1. The van der Waals surface area contributed by atoms with E-state index >= 15 is 0 Å². The van der Waals surface area contributed by atoms with Crippen molar-refractivity contribution >= 4 is 5.91 Å². The average molecular weight is 360 g/mol. The lowest BCUT2D eigenvalue weighted by atomic mass is 9.96. The number of likely N-dealkylation sites (tertiary alicyclic amines) is 1. The molecule has 1 aromatic rings. The summed E-state index contributed by atoms with van der Waals surface area (Å²) >= 11 is 0. The van der Waals surface area contributed by atoms with Gasteiger partial charge < -0.3 is 14.5 Å². The van der Waals surface area contributed by atoms with Crippen molar-refractivity contribution in [1.29, 1.82) is 0 Å². The summed E-state index contributed by atoms with van der Waals surface area (Å²) < 4.78 is 7.03. The smallest absolute Gasteiger partial charge is 0.267 e. The second kappa shape index (κ2) is 7.88. The van der Waals surface area contributed by atoms with Gasteiger partial charge in [0.2, 0.25) is 5.91 Å². The third-order valence-electron chi connectivity index (χ3n) is 5.74. The number of aromatic nitrogens is 2. The predicted molar refractivity (Wildman–Crippen MR) is 97.1 cm³/mol. The Morgan fingerprint density at radius 1 is 1.08 bits per heavy atom. The Hall–Kier alpha value is -1.73. The predicted octanol–water partition coefficient (Wildman–Crippen LogP) is 0.303. The number of fused-ring (bicyclic) bond motifs is 1. The molecule has 0 radical (unpaired) electrons. The van der Waals surface area contributed by atoms with Gasteiger partial charge >= 0.3 is 0 Å². The molecule has 142 valence electrons. The highest BCUT2D eigenvalue weighted by Crippen LogP contribution is 2.19. The molecule has 1 aliphatic carbocycles. The molecule has 0 unspecified atom stereocenters. The maximum absolute atomic E-state index is 12.3. The summed E-state index contributed by atoms with van der Waals surface area (Å²) in [7, 11) is 0. The van der Waals surface area contributed by atoms with E-state index in [1.54, 1.807) is 10.7 Å². The monoisotopic (exact) mass is 360 g/mol. The van der Waals surface area contributed by atoms with Crippen LogP contribution in [0.4, 0.5) is 0 Å². The van der Waals surface area contributed by atoms with E-state index in [2.05, 4.69) is 10.00 Å². The highest BCUT2D eigenvalue weighted by Gasteiger charge is 2.28. The van der Waals surface area contributed by atoms with E-state index in [4.69, 9.17) is 4.74 Å². The molecule has 3 heterocycles. The maximum atomic E-state index is 12.3. The van der Waals surface area contributed by atoms with Crippen molar-refractivity contribution in [2.45, 2.75) is 38.6 Å². The number of ether oxygens (including phenoxy) is 1. The van der Waals surface area contributed by atoms with Crippen LogP contribution in [0.25, 0.3) is 0 Å². The summed E-state index contributed by atoms with van der Waals surface area (Å²) in [4.78, 5) is 28.5. The fourth-order valence-corrected chi connectivity index (χ4v) is 4.17. The first kappa shape index (κ1) is 17.7. The second-order valence-corrected chi connectivity index (χ2v) is 7.71. The van der Waals surface area contributed by atoms with Crippen molar-refractivity contribution in [1.82, 2.24) is 19.6 Å². The second-order valence-electron chi connectivity index (χ2n) is 7.71. The van der Waals surface area contributed by atoms with Crippen LogP contribution < -0.4 is 5.56 Å². The van der Waals surface area contributed by atoms with Crippen molar-refractivity contribution < 1.29 is 9.53 Å². The van der Waals surface area contributed by atoms with Gasteiger partial charge in [-0.15, -0.1) is 0 Å². The number of hydrogen-bond donors (Lipinski definition) is 0. The molecule has 0 atom stereocenters. The van der Waals surface area contributed by atoms with Gasteiger partial charge in [-0.1, -0.05) is 0 Å². The lowest BCUT2D eigenvalue weighted by Gasteiger charge is -2.40. The topological polar surface area (TPSA) is 67.7 Å². The fraction of sp³-hybridized carbons (Fsp3) is 0.737. The zero-order chi connectivity index (χ0) is 17.9. The Morgan fingerprint density at radius 3 is 2.81 bits per heavy atom. The van der Waals surface area contributed by atoms with Crippen LogP contribution in [0.15, 0.2) is 10.9 Å². The Kier molecular flexibility index (Phi) is 5.36.